The summed E-state index contributed by atoms with van der Waals surface area (Å²) in [5.74, 6) is 0.812. The first-order valence-electron chi connectivity index (χ1n) is 11.3. The first kappa shape index (κ1) is 26.8. The van der Waals surface area contributed by atoms with Gasteiger partial charge in [-0.15, -0.1) is 0 Å². The summed E-state index contributed by atoms with van der Waals surface area (Å²) in [5.41, 5.74) is 0.242. The number of carbonyl (C=O) groups excluding carboxylic acids is 2. The van der Waals surface area contributed by atoms with Crippen molar-refractivity contribution >= 4 is 27.9 Å². The zero-order valence-corrected chi connectivity index (χ0v) is 22.0. The molecule has 0 spiro atoms. The van der Waals surface area contributed by atoms with Gasteiger partial charge in [0.2, 0.25) is 0 Å². The van der Waals surface area contributed by atoms with Gasteiger partial charge in [-0.2, -0.15) is 0 Å². The zero-order valence-electron chi connectivity index (χ0n) is 20.5. The Morgan fingerprint density at radius 1 is 1.16 bits per heavy atom. The minimum absolute atomic E-state index is 0.122. The number of carbonyl (C=O) groups is 2. The highest BCUT2D eigenvalue weighted by atomic mass is 79.9. The average molecular weight is 516 g/mol. The molecule has 1 aliphatic rings. The molecule has 1 aromatic rings. The number of rotatable bonds is 11. The van der Waals surface area contributed by atoms with Gasteiger partial charge in [0, 0.05) is 25.4 Å². The molecule has 0 unspecified atom stereocenters. The number of hydrogen-bond donors (Lipinski definition) is 0. The summed E-state index contributed by atoms with van der Waals surface area (Å²) in [6.45, 7) is 10.7. The topological polar surface area (TPSA) is 87.9 Å². The van der Waals surface area contributed by atoms with Gasteiger partial charge in [0.05, 0.1) is 24.6 Å². The van der Waals surface area contributed by atoms with E-state index in [-0.39, 0.29) is 36.1 Å². The van der Waals surface area contributed by atoms with Gasteiger partial charge >= 0.3 is 11.9 Å². The molecule has 0 radical (unpaired) electrons. The summed E-state index contributed by atoms with van der Waals surface area (Å²) in [6, 6.07) is 0. The lowest BCUT2D eigenvalue weighted by molar-refractivity contribution is -0.155. The minimum Gasteiger partial charge on any atom is -0.469 e. The van der Waals surface area contributed by atoms with Gasteiger partial charge < -0.3 is 18.7 Å². The molecule has 0 aliphatic heterocycles. The van der Waals surface area contributed by atoms with E-state index in [4.69, 9.17) is 18.7 Å². The van der Waals surface area contributed by atoms with E-state index in [1.807, 2.05) is 20.8 Å². The smallest absolute Gasteiger partial charge is 0.306 e. The van der Waals surface area contributed by atoms with Crippen LogP contribution in [0.3, 0.4) is 0 Å². The normalized spacial score (nSPS) is 19.9. The maximum absolute atomic E-state index is 12.5. The number of ether oxygens (including phenoxy) is 3. The van der Waals surface area contributed by atoms with E-state index in [0.29, 0.717) is 24.0 Å². The average Bonchev–Trinajstić information content (AvgIpc) is 3.00. The maximum Gasteiger partial charge on any atom is 0.306 e. The fourth-order valence-corrected chi connectivity index (χ4v) is 5.27. The molecule has 1 atom stereocenters. The van der Waals surface area contributed by atoms with Crippen LogP contribution in [0, 0.1) is 11.3 Å². The highest BCUT2D eigenvalue weighted by Gasteiger charge is 2.39. The Balaban J connectivity index is 2.08. The lowest BCUT2D eigenvalue weighted by Crippen LogP contribution is -2.29. The van der Waals surface area contributed by atoms with E-state index in [0.717, 1.165) is 36.1 Å². The second-order valence-corrected chi connectivity index (χ2v) is 11.5. The number of aromatic nitrogens is 1. The van der Waals surface area contributed by atoms with Crippen LogP contribution in [0.15, 0.2) is 9.00 Å². The molecule has 0 N–H and O–H groups in total. The molecule has 0 bridgehead atoms. The molecule has 2 rings (SSSR count). The van der Waals surface area contributed by atoms with Gasteiger partial charge in [0.1, 0.15) is 11.3 Å². The monoisotopic (exact) mass is 515 g/mol. The predicted molar refractivity (Wildman–Crippen MR) is 124 cm³/mol. The van der Waals surface area contributed by atoms with Crippen molar-refractivity contribution < 1.29 is 28.3 Å². The van der Waals surface area contributed by atoms with Gasteiger partial charge in [-0.25, -0.2) is 0 Å². The van der Waals surface area contributed by atoms with Crippen LogP contribution < -0.4 is 0 Å². The third kappa shape index (κ3) is 7.87. The van der Waals surface area contributed by atoms with E-state index in [1.165, 1.54) is 7.11 Å². The number of esters is 2. The number of methoxy groups -OCH3 is 2. The van der Waals surface area contributed by atoms with Crippen LogP contribution in [-0.2, 0) is 23.8 Å². The molecule has 32 heavy (non-hydrogen) atoms. The van der Waals surface area contributed by atoms with Gasteiger partial charge in [-0.3, -0.25) is 9.59 Å². The Bertz CT molecular complexity index is 776. The molecule has 0 saturated heterocycles. The largest absolute Gasteiger partial charge is 0.469 e. The van der Waals surface area contributed by atoms with Gasteiger partial charge in [-0.05, 0) is 73.7 Å². The van der Waals surface area contributed by atoms with Crippen LogP contribution in [0.25, 0.3) is 0 Å². The van der Waals surface area contributed by atoms with Gasteiger partial charge in [0.25, 0.3) is 0 Å². The van der Waals surface area contributed by atoms with Crippen LogP contribution in [0.2, 0.25) is 0 Å². The molecule has 1 aliphatic carbocycles. The number of halogens is 1. The van der Waals surface area contributed by atoms with Crippen molar-refractivity contribution in [1.82, 2.24) is 5.16 Å². The molecule has 1 heterocycles. The summed E-state index contributed by atoms with van der Waals surface area (Å²) in [6.07, 6.45) is 3.93. The maximum atomic E-state index is 12.5. The van der Waals surface area contributed by atoms with Gasteiger partial charge in [-0.1, -0.05) is 19.0 Å². The fourth-order valence-electron chi connectivity index (χ4n) is 4.47. The highest BCUT2D eigenvalue weighted by Crippen LogP contribution is 2.49. The minimum atomic E-state index is -0.576. The van der Waals surface area contributed by atoms with Crippen LogP contribution in [0.1, 0.15) is 96.4 Å². The Morgan fingerprint density at radius 2 is 1.81 bits per heavy atom. The molecular weight excluding hydrogens is 478 g/mol. The van der Waals surface area contributed by atoms with E-state index in [2.05, 4.69) is 34.9 Å². The van der Waals surface area contributed by atoms with Crippen LogP contribution in [0.4, 0.5) is 0 Å². The fraction of sp³-hybridized carbons (Fsp3) is 0.792. The summed E-state index contributed by atoms with van der Waals surface area (Å²) in [5, 5.41) is 4.30. The summed E-state index contributed by atoms with van der Waals surface area (Å²) in [7, 11) is 3.10. The molecular formula is C24H38BrNO6. The Morgan fingerprint density at radius 3 is 2.38 bits per heavy atom. The van der Waals surface area contributed by atoms with E-state index >= 15 is 0 Å². The summed E-state index contributed by atoms with van der Waals surface area (Å²) in [4.78, 5) is 24.2. The SMILES string of the molecule is COCC(C)(C)CC1CC(c2onc([C@@H](CCC(=O)OC)CC(=O)OC(C)(C)C)c2Br)C1. The van der Waals surface area contributed by atoms with E-state index in [9.17, 15) is 9.59 Å². The Labute approximate surface area is 200 Å². The molecule has 182 valence electrons. The van der Waals surface area contributed by atoms with Gasteiger partial charge in [0.15, 0.2) is 5.76 Å². The molecule has 1 saturated carbocycles. The molecule has 1 fully saturated rings. The van der Waals surface area contributed by atoms with Crippen molar-refractivity contribution in [2.24, 2.45) is 11.3 Å². The third-order valence-electron chi connectivity index (χ3n) is 5.81. The lowest BCUT2D eigenvalue weighted by Gasteiger charge is -2.38. The molecule has 0 amide bonds. The van der Waals surface area contributed by atoms with Crippen molar-refractivity contribution in [3.63, 3.8) is 0 Å². The number of hydrogen-bond acceptors (Lipinski definition) is 7. The van der Waals surface area contributed by atoms with Crippen molar-refractivity contribution in [2.75, 3.05) is 20.8 Å². The van der Waals surface area contributed by atoms with Crippen molar-refractivity contribution in [2.45, 2.75) is 90.6 Å². The Hall–Kier alpha value is -1.41. The Kier molecular flexibility index (Phi) is 9.35. The molecule has 0 aromatic carbocycles. The van der Waals surface area contributed by atoms with E-state index in [1.54, 1.807) is 7.11 Å². The van der Waals surface area contributed by atoms with Crippen molar-refractivity contribution in [3.05, 3.63) is 15.9 Å². The second-order valence-electron chi connectivity index (χ2n) is 10.7. The molecule has 7 nitrogen and oxygen atoms in total. The van der Waals surface area contributed by atoms with Crippen LogP contribution >= 0.6 is 15.9 Å². The third-order valence-corrected chi connectivity index (χ3v) is 6.61. The predicted octanol–water partition coefficient (Wildman–Crippen LogP) is 5.76. The van der Waals surface area contributed by atoms with E-state index < -0.39 is 5.60 Å². The molecule has 1 aromatic heterocycles. The summed E-state index contributed by atoms with van der Waals surface area (Å²) < 4.78 is 22.1. The zero-order chi connectivity index (χ0) is 24.1. The first-order chi connectivity index (χ1) is 14.8. The quantitative estimate of drug-likeness (QED) is 0.346. The first-order valence-corrected chi connectivity index (χ1v) is 12.1. The standard InChI is InChI=1S/C24H38BrNO6/c1-23(2,3)31-19(28)12-16(8-9-18(27)30-7)21-20(25)22(32-26-21)17-10-15(11-17)13-24(4,5)14-29-6/h15-17H,8-14H2,1-7H3/t15?,16-,17?/m0/s1. The summed E-state index contributed by atoms with van der Waals surface area (Å²) >= 11 is 3.66. The van der Waals surface area contributed by atoms with Crippen molar-refractivity contribution in [3.8, 4) is 0 Å². The van der Waals surface area contributed by atoms with Crippen LogP contribution in [0.5, 0.6) is 0 Å². The number of nitrogens with zero attached hydrogens (tertiary/aromatic N) is 1. The molecule has 8 heteroatoms. The van der Waals surface area contributed by atoms with Crippen LogP contribution in [-0.4, -0.2) is 43.5 Å². The lowest BCUT2D eigenvalue weighted by atomic mass is 9.67. The van der Waals surface area contributed by atoms with Crippen molar-refractivity contribution in [1.29, 1.82) is 0 Å². The highest BCUT2D eigenvalue weighted by molar-refractivity contribution is 9.10. The second kappa shape index (κ2) is 11.1.